The van der Waals surface area contributed by atoms with Gasteiger partial charge < -0.3 is 20.3 Å². The Balaban J connectivity index is 1.71. The Morgan fingerprint density at radius 3 is 2.42 bits per heavy atom. The van der Waals surface area contributed by atoms with Crippen LogP contribution in [0.2, 0.25) is 0 Å². The lowest BCUT2D eigenvalue weighted by atomic mass is 10.2. The molecule has 3 aromatic rings. The van der Waals surface area contributed by atoms with Crippen molar-refractivity contribution in [1.82, 2.24) is 9.88 Å². The molecule has 0 radical (unpaired) electrons. The van der Waals surface area contributed by atoms with Crippen molar-refractivity contribution in [2.45, 2.75) is 39.7 Å². The number of aliphatic imine (C=N–C) groups is 1. The van der Waals surface area contributed by atoms with E-state index >= 15 is 0 Å². The van der Waals surface area contributed by atoms with Gasteiger partial charge in [-0.2, -0.15) is 0 Å². The zero-order valence-electron chi connectivity index (χ0n) is 21.4. The molecule has 9 heteroatoms. The molecule has 0 spiro atoms. The molecule has 0 atom stereocenters. The van der Waals surface area contributed by atoms with Crippen LogP contribution in [0.3, 0.4) is 0 Å². The fourth-order valence-electron chi connectivity index (χ4n) is 3.33. The maximum Gasteiger partial charge on any atom is 0.410 e. The summed E-state index contributed by atoms with van der Waals surface area (Å²) < 4.78 is 5.59. The Labute approximate surface area is 216 Å². The number of hydrogen-bond acceptors (Lipinski definition) is 6. The van der Waals surface area contributed by atoms with Gasteiger partial charge in [-0.05, 0) is 51.5 Å². The van der Waals surface area contributed by atoms with Gasteiger partial charge in [-0.15, -0.1) is 11.3 Å². The van der Waals surface area contributed by atoms with E-state index in [0.29, 0.717) is 24.5 Å². The van der Waals surface area contributed by atoms with Crippen LogP contribution in [0.4, 0.5) is 16.2 Å². The van der Waals surface area contributed by atoms with E-state index in [9.17, 15) is 9.59 Å². The van der Waals surface area contributed by atoms with Gasteiger partial charge in [0.1, 0.15) is 17.1 Å². The van der Waals surface area contributed by atoms with Gasteiger partial charge in [0.05, 0.1) is 17.2 Å². The fourth-order valence-corrected chi connectivity index (χ4v) is 4.09. The lowest BCUT2D eigenvalue weighted by Gasteiger charge is -2.27. The summed E-state index contributed by atoms with van der Waals surface area (Å²) in [6.07, 6.45) is -0.0359. The van der Waals surface area contributed by atoms with E-state index in [-0.39, 0.29) is 12.5 Å². The highest BCUT2D eigenvalue weighted by Gasteiger charge is 2.24. The highest BCUT2D eigenvalue weighted by Crippen LogP contribution is 2.19. The molecular formula is C27H33N5O3S. The van der Waals surface area contributed by atoms with Gasteiger partial charge in [-0.25, -0.2) is 14.8 Å². The number of amidine groups is 1. The number of benzene rings is 2. The molecule has 1 aromatic heterocycles. The molecule has 0 aliphatic heterocycles. The van der Waals surface area contributed by atoms with Crippen LogP contribution in [-0.4, -0.2) is 53.5 Å². The molecule has 0 bridgehead atoms. The molecule has 0 unspecified atom stereocenters. The second kappa shape index (κ2) is 11.8. The first-order valence-electron chi connectivity index (χ1n) is 11.7. The molecule has 1 heterocycles. The number of thiazole rings is 1. The second-order valence-corrected chi connectivity index (χ2v) is 10.3. The molecule has 36 heavy (non-hydrogen) atoms. The average Bonchev–Trinajstić information content (AvgIpc) is 3.30. The first-order valence-corrected chi connectivity index (χ1v) is 12.6. The predicted molar refractivity (Wildman–Crippen MR) is 145 cm³/mol. The number of ether oxygens (including phenoxy) is 1. The number of aryl methyl sites for hydroxylation is 1. The quantitative estimate of drug-likeness (QED) is 0.334. The number of aromatic nitrogens is 1. The molecule has 2 N–H and O–H groups in total. The van der Waals surface area contributed by atoms with Crippen LogP contribution >= 0.6 is 11.3 Å². The van der Waals surface area contributed by atoms with Crippen molar-refractivity contribution < 1.29 is 14.3 Å². The van der Waals surface area contributed by atoms with Gasteiger partial charge in [-0.1, -0.05) is 36.4 Å². The molecule has 190 valence electrons. The van der Waals surface area contributed by atoms with E-state index in [2.05, 4.69) is 9.98 Å². The van der Waals surface area contributed by atoms with Gasteiger partial charge in [-0.3, -0.25) is 4.79 Å². The molecular weight excluding hydrogens is 474 g/mol. The van der Waals surface area contributed by atoms with Crippen LogP contribution in [0.25, 0.3) is 0 Å². The van der Waals surface area contributed by atoms with Gasteiger partial charge >= 0.3 is 6.09 Å². The molecule has 0 saturated carbocycles. The third kappa shape index (κ3) is 7.64. The summed E-state index contributed by atoms with van der Waals surface area (Å²) in [5.74, 6) is 0.108. The number of carbonyl (C=O) groups is 2. The fraction of sp³-hybridized carbons (Fsp3) is 0.333. The molecule has 0 saturated heterocycles. The highest BCUT2D eigenvalue weighted by atomic mass is 32.1. The first kappa shape index (κ1) is 26.9. The third-order valence-electron chi connectivity index (χ3n) is 5.20. The summed E-state index contributed by atoms with van der Waals surface area (Å²) in [6, 6.07) is 17.0. The second-order valence-electron chi connectivity index (χ2n) is 9.37. The topological polar surface area (TPSA) is 101 Å². The van der Waals surface area contributed by atoms with E-state index < -0.39 is 11.7 Å². The number of anilines is 1. The van der Waals surface area contributed by atoms with E-state index in [0.717, 1.165) is 21.9 Å². The van der Waals surface area contributed by atoms with Crippen LogP contribution in [-0.2, 0) is 11.2 Å². The van der Waals surface area contributed by atoms with Gasteiger partial charge in [0.2, 0.25) is 0 Å². The van der Waals surface area contributed by atoms with Crippen molar-refractivity contribution in [2.24, 2.45) is 10.7 Å². The van der Waals surface area contributed by atoms with E-state index in [1.807, 2.05) is 82.3 Å². The largest absolute Gasteiger partial charge is 0.444 e. The minimum Gasteiger partial charge on any atom is -0.444 e. The van der Waals surface area contributed by atoms with Crippen molar-refractivity contribution in [3.05, 3.63) is 76.2 Å². The van der Waals surface area contributed by atoms with Crippen LogP contribution in [0.15, 0.2) is 65.0 Å². The van der Waals surface area contributed by atoms with E-state index in [4.69, 9.17) is 10.5 Å². The molecule has 3 rings (SSSR count). The Hall–Kier alpha value is -3.72. The summed E-state index contributed by atoms with van der Waals surface area (Å²) >= 11 is 1.38. The monoisotopic (exact) mass is 507 g/mol. The van der Waals surface area contributed by atoms with Crippen molar-refractivity contribution in [2.75, 3.05) is 25.0 Å². The summed E-state index contributed by atoms with van der Waals surface area (Å²) in [5, 5.41) is 2.48. The number of hydrogen-bond donors (Lipinski definition) is 1. The van der Waals surface area contributed by atoms with Crippen molar-refractivity contribution in [3.8, 4) is 0 Å². The molecule has 2 aromatic carbocycles. The number of nitrogens with zero attached hydrogens (tertiary/aromatic N) is 4. The summed E-state index contributed by atoms with van der Waals surface area (Å²) in [7, 11) is 1.72. The maximum atomic E-state index is 12.9. The number of carbonyl (C=O) groups excluding carboxylic acids is 2. The van der Waals surface area contributed by atoms with Crippen LogP contribution < -0.4 is 10.6 Å². The molecule has 8 nitrogen and oxygen atoms in total. The van der Waals surface area contributed by atoms with Crippen molar-refractivity contribution >= 4 is 40.5 Å². The highest BCUT2D eigenvalue weighted by molar-refractivity contribution is 7.09. The predicted octanol–water partition coefficient (Wildman–Crippen LogP) is 5.20. The Bertz CT molecular complexity index is 1220. The van der Waals surface area contributed by atoms with Crippen LogP contribution in [0.5, 0.6) is 0 Å². The lowest BCUT2D eigenvalue weighted by Crippen LogP contribution is -2.42. The number of amides is 2. The van der Waals surface area contributed by atoms with Crippen molar-refractivity contribution in [3.63, 3.8) is 0 Å². The average molecular weight is 508 g/mol. The standard InChI is InChI=1S/C27H33N5O3S/c1-19-11-9-10-14-21(19)29-23(28)17-32(26(34)35-27(2,3)4)16-15-24-30-22(18-36-24)25(33)31(5)20-12-7-6-8-13-20/h6-14,18H,15-17H2,1-5H3,(H2,28,29). The van der Waals surface area contributed by atoms with Gasteiger partial charge in [0, 0.05) is 31.1 Å². The minimum absolute atomic E-state index is 0.108. The third-order valence-corrected chi connectivity index (χ3v) is 6.11. The summed E-state index contributed by atoms with van der Waals surface area (Å²) in [6.45, 7) is 7.82. The molecule has 2 amide bonds. The summed E-state index contributed by atoms with van der Waals surface area (Å²) in [4.78, 5) is 37.8. The zero-order valence-corrected chi connectivity index (χ0v) is 22.2. The normalized spacial score (nSPS) is 11.8. The number of para-hydroxylation sites is 2. The number of rotatable bonds is 8. The van der Waals surface area contributed by atoms with Crippen LogP contribution in [0.1, 0.15) is 41.8 Å². The molecule has 0 fully saturated rings. The van der Waals surface area contributed by atoms with Crippen molar-refractivity contribution in [1.29, 1.82) is 0 Å². The van der Waals surface area contributed by atoms with Crippen LogP contribution in [0, 0.1) is 6.92 Å². The number of nitrogens with two attached hydrogens (primary N) is 1. The Morgan fingerprint density at radius 1 is 1.08 bits per heavy atom. The van der Waals surface area contributed by atoms with E-state index in [1.54, 1.807) is 17.3 Å². The lowest BCUT2D eigenvalue weighted by molar-refractivity contribution is 0.0280. The maximum absolute atomic E-state index is 12.9. The smallest absolute Gasteiger partial charge is 0.410 e. The zero-order chi connectivity index (χ0) is 26.3. The van der Waals surface area contributed by atoms with Gasteiger partial charge in [0.25, 0.3) is 5.91 Å². The SMILES string of the molecule is Cc1ccccc1N=C(N)CN(CCc1nc(C(=O)N(C)c2ccccc2)cs1)C(=O)OC(C)(C)C. The molecule has 0 aliphatic rings. The Kier molecular flexibility index (Phi) is 8.82. The summed E-state index contributed by atoms with van der Waals surface area (Å²) in [5.41, 5.74) is 8.46. The minimum atomic E-state index is -0.653. The molecule has 0 aliphatic carbocycles. The first-order chi connectivity index (χ1) is 17.0. The van der Waals surface area contributed by atoms with Gasteiger partial charge in [0.15, 0.2) is 0 Å². The van der Waals surface area contributed by atoms with E-state index in [1.165, 1.54) is 16.2 Å². The Morgan fingerprint density at radius 2 is 1.75 bits per heavy atom.